The van der Waals surface area contributed by atoms with Gasteiger partial charge < -0.3 is 13.9 Å². The number of fused-ring (bicyclic) bond motifs is 6. The molecule has 2 aromatic heterocycles. The molecule has 0 saturated heterocycles. The van der Waals surface area contributed by atoms with Crippen LogP contribution in [0, 0.1) is 0 Å². The minimum atomic E-state index is 0.886. The summed E-state index contributed by atoms with van der Waals surface area (Å²) < 4.78 is 8.67. The van der Waals surface area contributed by atoms with Gasteiger partial charge in [-0.15, -0.1) is 0 Å². The Morgan fingerprint density at radius 2 is 0.930 bits per heavy atom. The fourth-order valence-corrected chi connectivity index (χ4v) is 8.52. The Kier molecular flexibility index (Phi) is 7.82. The van der Waals surface area contributed by atoms with Crippen LogP contribution in [0.4, 0.5) is 17.1 Å². The lowest BCUT2D eigenvalue weighted by molar-refractivity contribution is 0.669. The van der Waals surface area contributed by atoms with E-state index in [0.717, 1.165) is 72.5 Å². The van der Waals surface area contributed by atoms with Gasteiger partial charge in [0.25, 0.3) is 0 Å². The predicted octanol–water partition coefficient (Wildman–Crippen LogP) is 15.2. The monoisotopic (exact) mass is 728 g/mol. The van der Waals surface area contributed by atoms with E-state index >= 15 is 0 Å². The molecule has 2 heterocycles. The van der Waals surface area contributed by atoms with Crippen molar-refractivity contribution in [3.63, 3.8) is 0 Å². The fourth-order valence-electron chi connectivity index (χ4n) is 8.52. The third-order valence-corrected chi connectivity index (χ3v) is 11.2. The van der Waals surface area contributed by atoms with Gasteiger partial charge in [0.1, 0.15) is 11.2 Å². The molecule has 0 aliphatic carbocycles. The maximum Gasteiger partial charge on any atom is 0.135 e. The number of rotatable bonds is 7. The van der Waals surface area contributed by atoms with Crippen LogP contribution < -0.4 is 4.90 Å². The number of nitrogens with zero attached hydrogens (tertiary/aromatic N) is 2. The normalized spacial score (nSPS) is 11.5. The summed E-state index contributed by atoms with van der Waals surface area (Å²) in [6.45, 7) is 0. The van der Waals surface area contributed by atoms with Crippen LogP contribution in [0.2, 0.25) is 0 Å². The molecule has 0 N–H and O–H groups in total. The molecule has 57 heavy (non-hydrogen) atoms. The molecular formula is C54H36N2O. The third kappa shape index (κ3) is 5.68. The molecule has 9 aromatic carbocycles. The number of aromatic nitrogens is 1. The van der Waals surface area contributed by atoms with Crippen LogP contribution in [-0.4, -0.2) is 4.57 Å². The van der Waals surface area contributed by atoms with E-state index in [0.29, 0.717) is 0 Å². The van der Waals surface area contributed by atoms with Crippen molar-refractivity contribution in [3.8, 4) is 39.1 Å². The number of hydrogen-bond acceptors (Lipinski definition) is 2. The van der Waals surface area contributed by atoms with Crippen molar-refractivity contribution in [1.29, 1.82) is 0 Å². The molecule has 3 heteroatoms. The van der Waals surface area contributed by atoms with Gasteiger partial charge in [0, 0.05) is 44.2 Å². The molecule has 0 atom stereocenters. The maximum atomic E-state index is 6.27. The summed E-state index contributed by atoms with van der Waals surface area (Å²) in [5.41, 5.74) is 15.3. The first-order valence-corrected chi connectivity index (χ1v) is 19.4. The molecule has 0 bridgehead atoms. The maximum absolute atomic E-state index is 6.27. The Morgan fingerprint density at radius 1 is 0.333 bits per heavy atom. The van der Waals surface area contributed by atoms with E-state index in [2.05, 4.69) is 216 Å². The van der Waals surface area contributed by atoms with Gasteiger partial charge in [0.2, 0.25) is 0 Å². The molecule has 3 nitrogen and oxygen atoms in total. The Hall–Kier alpha value is -7.62. The number of benzene rings is 9. The van der Waals surface area contributed by atoms with Crippen molar-refractivity contribution < 1.29 is 4.42 Å². The van der Waals surface area contributed by atoms with Crippen LogP contribution in [0.5, 0.6) is 0 Å². The minimum Gasteiger partial charge on any atom is -0.456 e. The van der Waals surface area contributed by atoms with Crippen LogP contribution in [0.3, 0.4) is 0 Å². The van der Waals surface area contributed by atoms with E-state index in [-0.39, 0.29) is 0 Å². The summed E-state index contributed by atoms with van der Waals surface area (Å²) in [7, 11) is 0. The van der Waals surface area contributed by atoms with Crippen molar-refractivity contribution in [3.05, 3.63) is 218 Å². The van der Waals surface area contributed by atoms with Crippen molar-refractivity contribution in [2.45, 2.75) is 0 Å². The molecular weight excluding hydrogens is 693 g/mol. The largest absolute Gasteiger partial charge is 0.456 e. The van der Waals surface area contributed by atoms with Crippen molar-refractivity contribution in [1.82, 2.24) is 4.57 Å². The van der Waals surface area contributed by atoms with Gasteiger partial charge in [0.05, 0.1) is 16.7 Å². The van der Waals surface area contributed by atoms with Crippen LogP contribution in [0.15, 0.2) is 223 Å². The molecule has 0 aliphatic heterocycles. The lowest BCUT2D eigenvalue weighted by Crippen LogP contribution is -2.12. The quantitative estimate of drug-likeness (QED) is 0.163. The van der Waals surface area contributed by atoms with Gasteiger partial charge in [-0.2, -0.15) is 0 Å². The van der Waals surface area contributed by atoms with E-state index in [9.17, 15) is 0 Å². The van der Waals surface area contributed by atoms with E-state index < -0.39 is 0 Å². The topological polar surface area (TPSA) is 21.3 Å². The van der Waals surface area contributed by atoms with Gasteiger partial charge in [-0.05, 0) is 101 Å². The first-order chi connectivity index (χ1) is 28.3. The number of para-hydroxylation sites is 4. The van der Waals surface area contributed by atoms with E-state index in [4.69, 9.17) is 4.42 Å². The smallest absolute Gasteiger partial charge is 0.135 e. The van der Waals surface area contributed by atoms with Gasteiger partial charge >= 0.3 is 0 Å². The summed E-state index contributed by atoms with van der Waals surface area (Å²) in [6.07, 6.45) is 0. The number of anilines is 3. The zero-order valence-electron chi connectivity index (χ0n) is 31.1. The van der Waals surface area contributed by atoms with Crippen LogP contribution in [0.25, 0.3) is 82.8 Å². The molecule has 268 valence electrons. The predicted molar refractivity (Wildman–Crippen MR) is 239 cm³/mol. The molecule has 0 saturated carbocycles. The fraction of sp³-hybridized carbons (Fsp3) is 0. The van der Waals surface area contributed by atoms with Gasteiger partial charge in [-0.3, -0.25) is 0 Å². The third-order valence-electron chi connectivity index (χ3n) is 11.2. The highest BCUT2D eigenvalue weighted by Gasteiger charge is 2.22. The second kappa shape index (κ2) is 13.6. The first kappa shape index (κ1) is 32.8. The van der Waals surface area contributed by atoms with Crippen molar-refractivity contribution in [2.75, 3.05) is 4.90 Å². The lowest BCUT2D eigenvalue weighted by atomic mass is 9.96. The molecule has 11 rings (SSSR count). The molecule has 11 aromatic rings. The lowest BCUT2D eigenvalue weighted by Gasteiger charge is -2.29. The summed E-state index contributed by atoms with van der Waals surface area (Å²) >= 11 is 0. The Bertz CT molecular complexity index is 3180. The zero-order valence-corrected chi connectivity index (χ0v) is 31.1. The highest BCUT2D eigenvalue weighted by atomic mass is 16.3. The zero-order chi connectivity index (χ0) is 37.7. The molecule has 0 unspecified atom stereocenters. The highest BCUT2D eigenvalue weighted by Crippen LogP contribution is 2.46. The van der Waals surface area contributed by atoms with Crippen molar-refractivity contribution in [2.24, 2.45) is 0 Å². The van der Waals surface area contributed by atoms with Crippen LogP contribution in [-0.2, 0) is 0 Å². The van der Waals surface area contributed by atoms with Gasteiger partial charge in [-0.1, -0.05) is 146 Å². The Balaban J connectivity index is 1.20. The van der Waals surface area contributed by atoms with Gasteiger partial charge in [0.15, 0.2) is 0 Å². The standard InChI is InChI=1S/C54H36N2O/c1-4-16-37(17-5-1)40-32-41(38-18-6-2-7-19-38)34-44(33-40)55(43-29-30-47-46-23-11-14-26-51(46)56(52(47)36-43)42-20-8-3-9-21-42)50-25-13-10-22-45(50)39-28-31-54-49(35-39)48-24-12-15-27-53(48)57-54/h1-36H. The van der Waals surface area contributed by atoms with Crippen molar-refractivity contribution >= 4 is 60.8 Å². The summed E-state index contributed by atoms with van der Waals surface area (Å²) in [5.74, 6) is 0. The minimum absolute atomic E-state index is 0.886. The average molecular weight is 729 g/mol. The van der Waals surface area contributed by atoms with Gasteiger partial charge in [-0.25, -0.2) is 0 Å². The summed E-state index contributed by atoms with van der Waals surface area (Å²) in [5, 5.41) is 4.67. The Morgan fingerprint density at radius 3 is 1.68 bits per heavy atom. The number of furan rings is 1. The summed E-state index contributed by atoms with van der Waals surface area (Å²) in [4.78, 5) is 2.44. The van der Waals surface area contributed by atoms with Crippen LogP contribution in [0.1, 0.15) is 0 Å². The van der Waals surface area contributed by atoms with E-state index in [1.54, 1.807) is 0 Å². The molecule has 0 spiro atoms. The molecule has 0 fully saturated rings. The molecule has 0 radical (unpaired) electrons. The molecule has 0 aliphatic rings. The van der Waals surface area contributed by atoms with E-state index in [1.165, 1.54) is 27.4 Å². The first-order valence-electron chi connectivity index (χ1n) is 19.4. The Labute approximate surface area is 330 Å². The van der Waals surface area contributed by atoms with E-state index in [1.807, 2.05) is 12.1 Å². The highest BCUT2D eigenvalue weighted by molar-refractivity contribution is 6.11. The average Bonchev–Trinajstić information content (AvgIpc) is 3.82. The second-order valence-electron chi connectivity index (χ2n) is 14.6. The summed E-state index contributed by atoms with van der Waals surface area (Å²) in [6, 6.07) is 78.4. The molecule has 0 amide bonds. The second-order valence-corrected chi connectivity index (χ2v) is 14.6. The van der Waals surface area contributed by atoms with Crippen LogP contribution >= 0.6 is 0 Å². The SMILES string of the molecule is c1ccc(-c2cc(-c3ccccc3)cc(N(c3ccc4c5ccccc5n(-c5ccccc5)c4c3)c3ccccc3-c3ccc4oc5ccccc5c4c3)c2)cc1. The number of hydrogen-bond donors (Lipinski definition) is 0.